The number of ether oxygens (including phenoxy) is 6. The number of carbonyl (C=O) groups excluding carboxylic acids is 2. The number of rotatable bonds is 10. The molecule has 4 aliphatic rings. The Bertz CT molecular complexity index is 1770. The quantitative estimate of drug-likeness (QED) is 0.126. The smallest absolute Gasteiger partial charge is 0.338 e. The third-order valence-corrected chi connectivity index (χ3v) is 13.2. The van der Waals surface area contributed by atoms with Crippen LogP contribution in [0.3, 0.4) is 0 Å². The Kier molecular flexibility index (Phi) is 12.2. The standard InChI is InChI=1S/C44H46O10S2/c45-35-36(46)38(50-42(48)30-17-7-2-8-18-30)40-39(37(35)49-41(47)29-15-5-1-6-16-29)53-43(25-13-19-31(51-43)27-55-33-21-9-3-10-22-33)44(54-40)26-14-20-32(52-44)28-56-34-23-11-4-12-24-34/h1-12,15-18,21-24,31-32,35-40,45-46H,13-14,19-20,25-28H2/t31-,32-,35+,36+,37-,38+,39+,40+,43?,44?/m0/s1. The maximum absolute atomic E-state index is 13.6. The molecule has 0 radical (unpaired) electrons. The highest BCUT2D eigenvalue weighted by Crippen LogP contribution is 2.54. The van der Waals surface area contributed by atoms with Crippen LogP contribution in [-0.2, 0) is 28.4 Å². The highest BCUT2D eigenvalue weighted by molar-refractivity contribution is 7.99. The van der Waals surface area contributed by atoms with E-state index in [0.29, 0.717) is 24.3 Å². The maximum atomic E-state index is 13.6. The van der Waals surface area contributed by atoms with Gasteiger partial charge in [0, 0.05) is 34.1 Å². The lowest BCUT2D eigenvalue weighted by molar-refractivity contribution is -0.507. The van der Waals surface area contributed by atoms with Crippen molar-refractivity contribution >= 4 is 35.5 Å². The van der Waals surface area contributed by atoms with E-state index in [4.69, 9.17) is 28.4 Å². The number of esters is 2. The number of hydrogen-bond acceptors (Lipinski definition) is 12. The molecule has 8 rings (SSSR count). The van der Waals surface area contributed by atoms with Gasteiger partial charge in [0.15, 0.2) is 12.2 Å². The van der Waals surface area contributed by atoms with E-state index in [1.165, 1.54) is 0 Å². The first-order chi connectivity index (χ1) is 27.3. The molecule has 10 nitrogen and oxygen atoms in total. The van der Waals surface area contributed by atoms with Crippen molar-refractivity contribution in [3.05, 3.63) is 132 Å². The van der Waals surface area contributed by atoms with Crippen LogP contribution in [-0.4, -0.2) is 94.1 Å². The van der Waals surface area contributed by atoms with Gasteiger partial charge in [0.05, 0.1) is 23.3 Å². The van der Waals surface area contributed by atoms with E-state index in [1.807, 2.05) is 36.4 Å². The average molecular weight is 799 g/mol. The normalized spacial score (nSPS) is 32.7. The van der Waals surface area contributed by atoms with Crippen LogP contribution in [0.4, 0.5) is 0 Å². The molecule has 0 bridgehead atoms. The number of aliphatic hydroxyl groups is 2. The zero-order chi connectivity index (χ0) is 38.5. The molecule has 4 aromatic rings. The van der Waals surface area contributed by atoms with Gasteiger partial charge < -0.3 is 38.6 Å². The van der Waals surface area contributed by atoms with E-state index >= 15 is 0 Å². The summed E-state index contributed by atoms with van der Waals surface area (Å²) >= 11 is 3.37. The van der Waals surface area contributed by atoms with Crippen LogP contribution in [0, 0.1) is 0 Å². The molecule has 10 atom stereocenters. The van der Waals surface area contributed by atoms with E-state index in [9.17, 15) is 19.8 Å². The summed E-state index contributed by atoms with van der Waals surface area (Å²) in [5.41, 5.74) is 0.514. The minimum atomic E-state index is -1.71. The molecule has 4 aromatic carbocycles. The van der Waals surface area contributed by atoms with Gasteiger partial charge in [-0.05, 0) is 74.2 Å². The molecule has 3 saturated heterocycles. The third kappa shape index (κ3) is 8.30. The van der Waals surface area contributed by atoms with Crippen LogP contribution < -0.4 is 0 Å². The lowest BCUT2D eigenvalue weighted by Gasteiger charge is -2.62. The van der Waals surface area contributed by atoms with Crippen molar-refractivity contribution in [3.63, 3.8) is 0 Å². The number of benzene rings is 4. The minimum absolute atomic E-state index is 0.257. The minimum Gasteiger partial charge on any atom is -0.453 e. The van der Waals surface area contributed by atoms with Crippen LogP contribution in [0.15, 0.2) is 131 Å². The molecule has 0 amide bonds. The summed E-state index contributed by atoms with van der Waals surface area (Å²) in [6, 6.07) is 37.0. The molecule has 2 N–H and O–H groups in total. The molecule has 0 aromatic heterocycles. The van der Waals surface area contributed by atoms with Gasteiger partial charge in [0.1, 0.15) is 24.4 Å². The molecule has 2 unspecified atom stereocenters. The van der Waals surface area contributed by atoms with Gasteiger partial charge >= 0.3 is 11.9 Å². The third-order valence-electron chi connectivity index (χ3n) is 10.9. The second kappa shape index (κ2) is 17.4. The summed E-state index contributed by atoms with van der Waals surface area (Å²) in [6.07, 6.45) is -5.42. The fourth-order valence-electron chi connectivity index (χ4n) is 8.12. The van der Waals surface area contributed by atoms with Gasteiger partial charge in [0.25, 0.3) is 0 Å². The predicted octanol–water partition coefficient (Wildman–Crippen LogP) is 7.07. The highest BCUT2D eigenvalue weighted by atomic mass is 32.2. The molecule has 294 valence electrons. The molecule has 2 spiro atoms. The van der Waals surface area contributed by atoms with Crippen LogP contribution >= 0.6 is 23.5 Å². The van der Waals surface area contributed by atoms with Gasteiger partial charge in [-0.1, -0.05) is 72.8 Å². The highest BCUT2D eigenvalue weighted by Gasteiger charge is 2.70. The summed E-state index contributed by atoms with van der Waals surface area (Å²) in [4.78, 5) is 29.4. The van der Waals surface area contributed by atoms with Crippen molar-refractivity contribution in [2.45, 2.75) is 109 Å². The molecule has 1 saturated carbocycles. The Labute approximate surface area is 335 Å². The van der Waals surface area contributed by atoms with Crippen molar-refractivity contribution in [2.24, 2.45) is 0 Å². The SMILES string of the molecule is O=C(O[C@@H]1[C@H](O)[C@@H](O)[C@H](OC(=O)c2ccccc2)[C@H]2OC3(CCC[C@@H](CSc4ccccc4)O3)C3(CCC[C@@H](CSc4ccccc4)O3)O[C@@H]21)c1ccccc1. The van der Waals surface area contributed by atoms with Crippen molar-refractivity contribution in [2.75, 3.05) is 11.5 Å². The second-order valence-electron chi connectivity index (χ2n) is 14.6. The molecule has 12 heteroatoms. The average Bonchev–Trinajstić information content (AvgIpc) is 3.25. The van der Waals surface area contributed by atoms with E-state index in [1.54, 1.807) is 84.2 Å². The first kappa shape index (κ1) is 39.1. The molecule has 4 fully saturated rings. The molecular weight excluding hydrogens is 753 g/mol. The zero-order valence-corrected chi connectivity index (χ0v) is 32.4. The predicted molar refractivity (Wildman–Crippen MR) is 210 cm³/mol. The maximum Gasteiger partial charge on any atom is 0.338 e. The Morgan fingerprint density at radius 3 is 1.29 bits per heavy atom. The Morgan fingerprint density at radius 2 is 0.911 bits per heavy atom. The molecular formula is C44H46O10S2. The van der Waals surface area contributed by atoms with Crippen LogP contribution in [0.25, 0.3) is 0 Å². The van der Waals surface area contributed by atoms with E-state index < -0.39 is 60.1 Å². The summed E-state index contributed by atoms with van der Waals surface area (Å²) in [6.45, 7) is 0. The van der Waals surface area contributed by atoms with E-state index in [0.717, 1.165) is 35.5 Å². The number of hydrogen-bond donors (Lipinski definition) is 2. The van der Waals surface area contributed by atoms with Gasteiger partial charge in [-0.3, -0.25) is 0 Å². The Morgan fingerprint density at radius 1 is 0.554 bits per heavy atom. The fraction of sp³-hybridized carbons (Fsp3) is 0.409. The fourth-order valence-corrected chi connectivity index (χ4v) is 10.0. The second-order valence-corrected chi connectivity index (χ2v) is 16.8. The zero-order valence-electron chi connectivity index (χ0n) is 30.8. The van der Waals surface area contributed by atoms with Crippen LogP contribution in [0.2, 0.25) is 0 Å². The van der Waals surface area contributed by atoms with Crippen molar-refractivity contribution in [3.8, 4) is 0 Å². The van der Waals surface area contributed by atoms with Crippen LogP contribution in [0.5, 0.6) is 0 Å². The first-order valence-corrected chi connectivity index (χ1v) is 21.3. The monoisotopic (exact) mass is 798 g/mol. The Hall–Kier alpha value is -3.72. The molecule has 3 heterocycles. The van der Waals surface area contributed by atoms with E-state index in [2.05, 4.69) is 24.3 Å². The van der Waals surface area contributed by atoms with Gasteiger partial charge in [-0.25, -0.2) is 9.59 Å². The Balaban J connectivity index is 1.15. The number of aliphatic hydroxyl groups excluding tert-OH is 2. The van der Waals surface area contributed by atoms with Gasteiger partial charge in [-0.2, -0.15) is 0 Å². The van der Waals surface area contributed by atoms with Crippen LogP contribution in [0.1, 0.15) is 59.2 Å². The summed E-state index contributed by atoms with van der Waals surface area (Å²) in [5, 5.41) is 23.5. The van der Waals surface area contributed by atoms with Crippen molar-refractivity contribution in [1.82, 2.24) is 0 Å². The largest absolute Gasteiger partial charge is 0.453 e. The summed E-state index contributed by atoms with van der Waals surface area (Å²) in [5.74, 6) is -3.14. The summed E-state index contributed by atoms with van der Waals surface area (Å²) in [7, 11) is 0. The van der Waals surface area contributed by atoms with Crippen molar-refractivity contribution in [1.29, 1.82) is 0 Å². The lowest BCUT2D eigenvalue weighted by atomic mass is 9.80. The van der Waals surface area contributed by atoms with Gasteiger partial charge in [-0.15, -0.1) is 23.5 Å². The van der Waals surface area contributed by atoms with Gasteiger partial charge in [0.2, 0.25) is 11.6 Å². The lowest BCUT2D eigenvalue weighted by Crippen LogP contribution is -2.78. The molecule has 1 aliphatic carbocycles. The first-order valence-electron chi connectivity index (χ1n) is 19.3. The number of fused-ring (bicyclic) bond motifs is 2. The topological polar surface area (TPSA) is 130 Å². The van der Waals surface area contributed by atoms with Crippen molar-refractivity contribution < 1.29 is 48.2 Å². The molecule has 3 aliphatic heterocycles. The number of carbonyl (C=O) groups is 2. The summed E-state index contributed by atoms with van der Waals surface area (Å²) < 4.78 is 40.5. The number of thioether (sulfide) groups is 2. The van der Waals surface area contributed by atoms with E-state index in [-0.39, 0.29) is 23.3 Å². The molecule has 56 heavy (non-hydrogen) atoms.